The molecule has 0 bridgehead atoms. The standard InChI is InChI=1S/C15H16F3N3O/c1-3-4-14(22)20-12-5-11(15(16,17)18)6-13(7-12)21-8-10(2)19-9-21/h5-9H,3-4H2,1-2H3,(H,20,22). The molecule has 0 aliphatic rings. The fourth-order valence-electron chi connectivity index (χ4n) is 2.01. The van der Waals surface area contributed by atoms with Gasteiger partial charge in [0.1, 0.15) is 0 Å². The number of amides is 1. The Bertz CT molecular complexity index is 677. The molecule has 0 atom stereocenters. The summed E-state index contributed by atoms with van der Waals surface area (Å²) in [7, 11) is 0. The van der Waals surface area contributed by atoms with Crippen LogP contribution in [0.1, 0.15) is 31.0 Å². The van der Waals surface area contributed by atoms with Crippen LogP contribution in [0.4, 0.5) is 18.9 Å². The largest absolute Gasteiger partial charge is 0.416 e. The summed E-state index contributed by atoms with van der Waals surface area (Å²) in [4.78, 5) is 15.6. The zero-order valence-corrected chi connectivity index (χ0v) is 12.2. The second-order valence-corrected chi connectivity index (χ2v) is 4.99. The Morgan fingerprint density at radius 3 is 2.59 bits per heavy atom. The summed E-state index contributed by atoms with van der Waals surface area (Å²) in [6, 6.07) is 3.45. The van der Waals surface area contributed by atoms with E-state index in [9.17, 15) is 18.0 Å². The van der Waals surface area contributed by atoms with Crippen molar-refractivity contribution in [1.29, 1.82) is 0 Å². The Labute approximate surface area is 126 Å². The number of carbonyl (C=O) groups is 1. The van der Waals surface area contributed by atoms with Gasteiger partial charge < -0.3 is 9.88 Å². The van der Waals surface area contributed by atoms with Crippen LogP contribution in [0.5, 0.6) is 0 Å². The van der Waals surface area contributed by atoms with E-state index in [4.69, 9.17) is 0 Å². The molecule has 1 N–H and O–H groups in total. The molecule has 1 heterocycles. The summed E-state index contributed by atoms with van der Waals surface area (Å²) in [5.41, 5.74) is 0.286. The molecule has 0 radical (unpaired) electrons. The minimum absolute atomic E-state index is 0.120. The van der Waals surface area contributed by atoms with Gasteiger partial charge in [0.15, 0.2) is 0 Å². The topological polar surface area (TPSA) is 46.9 Å². The first-order valence-corrected chi connectivity index (χ1v) is 6.82. The number of hydrogen-bond acceptors (Lipinski definition) is 2. The van der Waals surface area contributed by atoms with E-state index in [0.29, 0.717) is 17.8 Å². The maximum absolute atomic E-state index is 13.0. The lowest BCUT2D eigenvalue weighted by Gasteiger charge is -2.13. The molecule has 2 aromatic rings. The fraction of sp³-hybridized carbons (Fsp3) is 0.333. The summed E-state index contributed by atoms with van der Waals surface area (Å²) >= 11 is 0. The van der Waals surface area contributed by atoms with Crippen molar-refractivity contribution in [2.45, 2.75) is 32.9 Å². The van der Waals surface area contributed by atoms with Crippen LogP contribution in [0.2, 0.25) is 0 Å². The number of rotatable bonds is 4. The molecule has 0 saturated carbocycles. The van der Waals surface area contributed by atoms with Gasteiger partial charge in [-0.2, -0.15) is 13.2 Å². The molecule has 0 spiro atoms. The molecular weight excluding hydrogens is 295 g/mol. The molecule has 0 aliphatic carbocycles. The second kappa shape index (κ2) is 6.21. The Morgan fingerprint density at radius 2 is 2.05 bits per heavy atom. The van der Waals surface area contributed by atoms with Gasteiger partial charge in [-0.15, -0.1) is 0 Å². The number of alkyl halides is 3. The van der Waals surface area contributed by atoms with Gasteiger partial charge in [0.05, 0.1) is 17.6 Å². The van der Waals surface area contributed by atoms with Crippen molar-refractivity contribution >= 4 is 11.6 Å². The van der Waals surface area contributed by atoms with Crippen LogP contribution in [0.15, 0.2) is 30.7 Å². The minimum atomic E-state index is -4.49. The van der Waals surface area contributed by atoms with E-state index in [1.54, 1.807) is 13.1 Å². The predicted molar refractivity (Wildman–Crippen MR) is 76.8 cm³/mol. The van der Waals surface area contributed by atoms with Crippen LogP contribution < -0.4 is 5.32 Å². The number of hydrogen-bond donors (Lipinski definition) is 1. The first kappa shape index (κ1) is 16.1. The average Bonchev–Trinajstić information content (AvgIpc) is 2.84. The Morgan fingerprint density at radius 1 is 1.32 bits per heavy atom. The number of halogens is 3. The fourth-order valence-corrected chi connectivity index (χ4v) is 2.01. The van der Waals surface area contributed by atoms with E-state index in [2.05, 4.69) is 10.3 Å². The van der Waals surface area contributed by atoms with Gasteiger partial charge in [-0.1, -0.05) is 6.92 Å². The third-order valence-electron chi connectivity index (χ3n) is 3.02. The highest BCUT2D eigenvalue weighted by Crippen LogP contribution is 2.33. The second-order valence-electron chi connectivity index (χ2n) is 4.99. The Hall–Kier alpha value is -2.31. The summed E-state index contributed by atoms with van der Waals surface area (Å²) in [6.07, 6.45) is -0.556. The first-order valence-electron chi connectivity index (χ1n) is 6.82. The molecule has 118 valence electrons. The Balaban J connectivity index is 2.43. The smallest absolute Gasteiger partial charge is 0.326 e. The number of nitrogens with one attached hydrogen (secondary N) is 1. The van der Waals surface area contributed by atoms with Gasteiger partial charge in [-0.3, -0.25) is 4.79 Å². The van der Waals surface area contributed by atoms with Crippen molar-refractivity contribution in [3.63, 3.8) is 0 Å². The number of aromatic nitrogens is 2. The van der Waals surface area contributed by atoms with Gasteiger partial charge in [-0.05, 0) is 31.5 Å². The number of aryl methyl sites for hydroxylation is 1. The molecular formula is C15H16F3N3O. The molecule has 1 aromatic carbocycles. The molecule has 0 aliphatic heterocycles. The third kappa shape index (κ3) is 3.87. The molecule has 7 heteroatoms. The van der Waals surface area contributed by atoms with E-state index in [0.717, 1.165) is 12.1 Å². The van der Waals surface area contributed by atoms with Gasteiger partial charge in [-0.25, -0.2) is 4.98 Å². The molecule has 22 heavy (non-hydrogen) atoms. The van der Waals surface area contributed by atoms with Crippen molar-refractivity contribution in [3.8, 4) is 5.69 Å². The number of benzene rings is 1. The van der Waals surface area contributed by atoms with Crippen LogP contribution in [0, 0.1) is 6.92 Å². The summed E-state index contributed by atoms with van der Waals surface area (Å²) in [5, 5.41) is 2.50. The van der Waals surface area contributed by atoms with E-state index in [1.165, 1.54) is 17.0 Å². The highest BCUT2D eigenvalue weighted by Gasteiger charge is 2.31. The summed E-state index contributed by atoms with van der Waals surface area (Å²) in [5.74, 6) is -0.311. The lowest BCUT2D eigenvalue weighted by molar-refractivity contribution is -0.137. The third-order valence-corrected chi connectivity index (χ3v) is 3.02. The predicted octanol–water partition coefficient (Wildman–Crippen LogP) is 3.94. The van der Waals surface area contributed by atoms with Gasteiger partial charge in [0, 0.05) is 24.0 Å². The number of anilines is 1. The lowest BCUT2D eigenvalue weighted by atomic mass is 10.1. The maximum atomic E-state index is 13.0. The highest BCUT2D eigenvalue weighted by molar-refractivity contribution is 5.91. The number of nitrogens with zero attached hydrogens (tertiary/aromatic N) is 2. The summed E-state index contributed by atoms with van der Waals surface area (Å²) in [6.45, 7) is 3.57. The van der Waals surface area contributed by atoms with Crippen LogP contribution in [-0.4, -0.2) is 15.5 Å². The zero-order valence-electron chi connectivity index (χ0n) is 12.2. The monoisotopic (exact) mass is 311 g/mol. The van der Waals surface area contributed by atoms with Gasteiger partial charge >= 0.3 is 6.18 Å². The molecule has 4 nitrogen and oxygen atoms in total. The van der Waals surface area contributed by atoms with Gasteiger partial charge in [0.25, 0.3) is 0 Å². The zero-order chi connectivity index (χ0) is 16.3. The van der Waals surface area contributed by atoms with Crippen molar-refractivity contribution < 1.29 is 18.0 Å². The first-order chi connectivity index (χ1) is 10.3. The molecule has 0 fully saturated rings. The van der Waals surface area contributed by atoms with Crippen molar-refractivity contribution in [1.82, 2.24) is 9.55 Å². The minimum Gasteiger partial charge on any atom is -0.326 e. The lowest BCUT2D eigenvalue weighted by Crippen LogP contribution is -2.13. The quantitative estimate of drug-likeness (QED) is 0.929. The van der Waals surface area contributed by atoms with E-state index in [1.807, 2.05) is 6.92 Å². The van der Waals surface area contributed by atoms with Crippen molar-refractivity contribution in [3.05, 3.63) is 42.0 Å². The molecule has 0 unspecified atom stereocenters. The van der Waals surface area contributed by atoms with E-state index >= 15 is 0 Å². The Kier molecular flexibility index (Phi) is 4.54. The van der Waals surface area contributed by atoms with E-state index in [-0.39, 0.29) is 18.0 Å². The molecule has 2 rings (SSSR count). The van der Waals surface area contributed by atoms with Crippen molar-refractivity contribution in [2.75, 3.05) is 5.32 Å². The normalized spacial score (nSPS) is 11.5. The van der Waals surface area contributed by atoms with Crippen LogP contribution in [0.3, 0.4) is 0 Å². The van der Waals surface area contributed by atoms with Crippen LogP contribution in [0.25, 0.3) is 5.69 Å². The summed E-state index contributed by atoms with van der Waals surface area (Å²) < 4.78 is 40.5. The maximum Gasteiger partial charge on any atom is 0.416 e. The van der Waals surface area contributed by atoms with Crippen molar-refractivity contribution in [2.24, 2.45) is 0 Å². The van der Waals surface area contributed by atoms with E-state index < -0.39 is 11.7 Å². The van der Waals surface area contributed by atoms with Crippen LogP contribution in [-0.2, 0) is 11.0 Å². The average molecular weight is 311 g/mol. The molecule has 1 amide bonds. The highest BCUT2D eigenvalue weighted by atomic mass is 19.4. The van der Waals surface area contributed by atoms with Crippen LogP contribution >= 0.6 is 0 Å². The molecule has 0 saturated heterocycles. The number of imidazole rings is 1. The molecule has 1 aromatic heterocycles. The SMILES string of the molecule is CCCC(=O)Nc1cc(-n2cnc(C)c2)cc(C(F)(F)F)c1. The van der Waals surface area contributed by atoms with Gasteiger partial charge in [0.2, 0.25) is 5.91 Å². The number of carbonyl (C=O) groups excluding carboxylic acids is 1.